The van der Waals surface area contributed by atoms with Crippen molar-refractivity contribution in [1.82, 2.24) is 10.6 Å². The van der Waals surface area contributed by atoms with Crippen LogP contribution in [0.4, 0.5) is 0 Å². The fourth-order valence-electron chi connectivity index (χ4n) is 1.84. The third kappa shape index (κ3) is 4.66. The average Bonchev–Trinajstić information content (AvgIpc) is 3.29. The van der Waals surface area contributed by atoms with Crippen molar-refractivity contribution in [2.75, 3.05) is 13.7 Å². The van der Waals surface area contributed by atoms with Crippen molar-refractivity contribution in [3.63, 3.8) is 0 Å². The number of rotatable bonds is 7. The number of carbonyl (C=O) groups excluding carboxylic acids is 2. The first-order chi connectivity index (χ1) is 9.69. The molecule has 0 spiro atoms. The first-order valence-electron chi connectivity index (χ1n) is 6.86. The Morgan fingerprint density at radius 2 is 1.95 bits per heavy atom. The Kier molecular flexibility index (Phi) is 5.12. The third-order valence-electron chi connectivity index (χ3n) is 3.23. The summed E-state index contributed by atoms with van der Waals surface area (Å²) in [4.78, 5) is 22.9. The molecule has 0 aliphatic heterocycles. The van der Waals surface area contributed by atoms with Gasteiger partial charge in [-0.05, 0) is 30.5 Å². The minimum atomic E-state index is -0.355. The van der Waals surface area contributed by atoms with Gasteiger partial charge in [0.2, 0.25) is 5.91 Å². The zero-order valence-electron chi connectivity index (χ0n) is 11.6. The molecule has 1 aromatic carbocycles. The maximum Gasteiger partial charge on any atom is 0.337 e. The summed E-state index contributed by atoms with van der Waals surface area (Å²) in [6, 6.07) is 7.65. The molecule has 1 aromatic rings. The van der Waals surface area contributed by atoms with Gasteiger partial charge >= 0.3 is 5.97 Å². The topological polar surface area (TPSA) is 67.4 Å². The molecule has 0 atom stereocenters. The largest absolute Gasteiger partial charge is 0.465 e. The quantitative estimate of drug-likeness (QED) is 0.735. The summed E-state index contributed by atoms with van der Waals surface area (Å²) in [6.45, 7) is 1.21. The number of nitrogens with one attached hydrogen (secondary N) is 2. The maximum absolute atomic E-state index is 11.6. The molecule has 5 heteroatoms. The molecule has 5 nitrogen and oxygen atoms in total. The number of benzene rings is 1. The fourth-order valence-corrected chi connectivity index (χ4v) is 1.84. The first kappa shape index (κ1) is 14.5. The monoisotopic (exact) mass is 276 g/mol. The van der Waals surface area contributed by atoms with Crippen LogP contribution in [0, 0.1) is 0 Å². The van der Waals surface area contributed by atoms with Gasteiger partial charge in [0, 0.05) is 25.6 Å². The Morgan fingerprint density at radius 3 is 2.55 bits per heavy atom. The Balaban J connectivity index is 1.69. The van der Waals surface area contributed by atoms with Gasteiger partial charge in [0.15, 0.2) is 0 Å². The number of amides is 1. The highest BCUT2D eigenvalue weighted by atomic mass is 16.5. The Morgan fingerprint density at radius 1 is 1.25 bits per heavy atom. The minimum Gasteiger partial charge on any atom is -0.465 e. The summed E-state index contributed by atoms with van der Waals surface area (Å²) >= 11 is 0. The van der Waals surface area contributed by atoms with E-state index in [1.165, 1.54) is 20.0 Å². The molecule has 0 aromatic heterocycles. The second-order valence-corrected chi connectivity index (χ2v) is 4.94. The second-order valence-electron chi connectivity index (χ2n) is 4.94. The van der Waals surface area contributed by atoms with Gasteiger partial charge < -0.3 is 15.4 Å². The summed E-state index contributed by atoms with van der Waals surface area (Å²) in [7, 11) is 1.35. The van der Waals surface area contributed by atoms with Crippen LogP contribution in [0.3, 0.4) is 0 Å². The van der Waals surface area contributed by atoms with E-state index in [0.29, 0.717) is 24.6 Å². The van der Waals surface area contributed by atoms with Crippen LogP contribution in [0.1, 0.15) is 35.2 Å². The Bertz CT molecular complexity index is 467. The average molecular weight is 276 g/mol. The first-order valence-corrected chi connectivity index (χ1v) is 6.86. The Labute approximate surface area is 118 Å². The van der Waals surface area contributed by atoms with E-state index in [1.54, 1.807) is 12.1 Å². The zero-order chi connectivity index (χ0) is 14.4. The number of carbonyl (C=O) groups is 2. The molecule has 1 amide bonds. The molecule has 0 bridgehead atoms. The summed E-state index contributed by atoms with van der Waals surface area (Å²) in [5.41, 5.74) is 1.47. The van der Waals surface area contributed by atoms with E-state index in [2.05, 4.69) is 15.4 Å². The van der Waals surface area contributed by atoms with Crippen molar-refractivity contribution in [1.29, 1.82) is 0 Å². The lowest BCUT2D eigenvalue weighted by Gasteiger charge is -2.06. The molecule has 0 heterocycles. The predicted octanol–water partition coefficient (Wildman–Crippen LogP) is 1.23. The number of hydrogen-bond acceptors (Lipinski definition) is 4. The zero-order valence-corrected chi connectivity index (χ0v) is 11.6. The van der Waals surface area contributed by atoms with Crippen LogP contribution in [-0.4, -0.2) is 31.6 Å². The van der Waals surface area contributed by atoms with E-state index in [9.17, 15) is 9.59 Å². The van der Waals surface area contributed by atoms with Crippen LogP contribution >= 0.6 is 0 Å². The SMILES string of the molecule is COC(=O)c1ccc(CNC(=O)CCNC2CC2)cc1. The number of methoxy groups -OCH3 is 1. The molecule has 2 N–H and O–H groups in total. The molecule has 2 rings (SSSR count). The van der Waals surface area contributed by atoms with Crippen molar-refractivity contribution in [2.24, 2.45) is 0 Å². The van der Waals surface area contributed by atoms with Crippen molar-refractivity contribution in [3.8, 4) is 0 Å². The maximum atomic E-state index is 11.6. The predicted molar refractivity (Wildman–Crippen MR) is 75.3 cm³/mol. The van der Waals surface area contributed by atoms with E-state index in [0.717, 1.165) is 12.1 Å². The van der Waals surface area contributed by atoms with Crippen LogP contribution in [0.2, 0.25) is 0 Å². The lowest BCUT2D eigenvalue weighted by Crippen LogP contribution is -2.28. The van der Waals surface area contributed by atoms with E-state index in [-0.39, 0.29) is 11.9 Å². The summed E-state index contributed by atoms with van der Waals surface area (Å²) in [5.74, 6) is -0.318. The van der Waals surface area contributed by atoms with E-state index in [4.69, 9.17) is 0 Å². The minimum absolute atomic E-state index is 0.0372. The van der Waals surface area contributed by atoms with Gasteiger partial charge in [-0.3, -0.25) is 4.79 Å². The summed E-state index contributed by atoms with van der Waals surface area (Å²) in [6.07, 6.45) is 2.96. The van der Waals surface area contributed by atoms with Crippen LogP contribution in [0.25, 0.3) is 0 Å². The van der Waals surface area contributed by atoms with Crippen molar-refractivity contribution >= 4 is 11.9 Å². The highest BCUT2D eigenvalue weighted by molar-refractivity contribution is 5.89. The normalized spacial score (nSPS) is 13.8. The van der Waals surface area contributed by atoms with E-state index >= 15 is 0 Å². The molecule has 0 radical (unpaired) electrons. The van der Waals surface area contributed by atoms with Gasteiger partial charge in [0.1, 0.15) is 0 Å². The van der Waals surface area contributed by atoms with Crippen molar-refractivity contribution in [3.05, 3.63) is 35.4 Å². The van der Waals surface area contributed by atoms with Crippen LogP contribution in [0.15, 0.2) is 24.3 Å². The van der Waals surface area contributed by atoms with Gasteiger partial charge in [-0.2, -0.15) is 0 Å². The van der Waals surface area contributed by atoms with Gasteiger partial charge in [0.25, 0.3) is 0 Å². The van der Waals surface area contributed by atoms with E-state index < -0.39 is 0 Å². The second kappa shape index (κ2) is 7.05. The smallest absolute Gasteiger partial charge is 0.337 e. The molecule has 1 aliphatic rings. The molecule has 20 heavy (non-hydrogen) atoms. The molecule has 0 unspecified atom stereocenters. The highest BCUT2D eigenvalue weighted by Gasteiger charge is 2.19. The number of hydrogen-bond donors (Lipinski definition) is 2. The van der Waals surface area contributed by atoms with Gasteiger partial charge in [-0.25, -0.2) is 4.79 Å². The van der Waals surface area contributed by atoms with Crippen LogP contribution < -0.4 is 10.6 Å². The van der Waals surface area contributed by atoms with Crippen LogP contribution in [-0.2, 0) is 16.1 Å². The van der Waals surface area contributed by atoms with Gasteiger partial charge in [0.05, 0.1) is 12.7 Å². The Hall–Kier alpha value is -1.88. The fraction of sp³-hybridized carbons (Fsp3) is 0.467. The molecule has 1 saturated carbocycles. The highest BCUT2D eigenvalue weighted by Crippen LogP contribution is 2.18. The number of esters is 1. The molecule has 0 saturated heterocycles. The summed E-state index contributed by atoms with van der Waals surface area (Å²) < 4.78 is 4.63. The molecule has 1 fully saturated rings. The lowest BCUT2D eigenvalue weighted by atomic mass is 10.1. The van der Waals surface area contributed by atoms with Gasteiger partial charge in [-0.15, -0.1) is 0 Å². The van der Waals surface area contributed by atoms with Gasteiger partial charge in [-0.1, -0.05) is 12.1 Å². The molecular formula is C15H20N2O3. The van der Waals surface area contributed by atoms with E-state index in [1.807, 2.05) is 12.1 Å². The molecule has 108 valence electrons. The summed E-state index contributed by atoms with van der Waals surface area (Å²) in [5, 5.41) is 6.16. The van der Waals surface area contributed by atoms with Crippen LogP contribution in [0.5, 0.6) is 0 Å². The lowest BCUT2D eigenvalue weighted by molar-refractivity contribution is -0.121. The standard InChI is InChI=1S/C15H20N2O3/c1-20-15(19)12-4-2-11(3-5-12)10-17-14(18)8-9-16-13-6-7-13/h2-5,13,16H,6-10H2,1H3,(H,17,18). The van der Waals surface area contributed by atoms with Crippen molar-refractivity contribution < 1.29 is 14.3 Å². The third-order valence-corrected chi connectivity index (χ3v) is 3.23. The number of ether oxygens (including phenoxy) is 1. The molecular weight excluding hydrogens is 256 g/mol. The van der Waals surface area contributed by atoms with Crippen molar-refractivity contribution in [2.45, 2.75) is 31.8 Å². The molecule has 1 aliphatic carbocycles.